The van der Waals surface area contributed by atoms with E-state index < -0.39 is 6.04 Å². The number of amides is 2. The molecule has 1 atom stereocenters. The second-order valence-corrected chi connectivity index (χ2v) is 4.80. The minimum Gasteiger partial charge on any atom is -0.373 e. The van der Waals surface area contributed by atoms with Crippen LogP contribution in [0.5, 0.6) is 0 Å². The minimum absolute atomic E-state index is 0.131. The zero-order valence-electron chi connectivity index (χ0n) is 9.77. The molecule has 1 aromatic rings. The zero-order chi connectivity index (χ0) is 12.4. The molecular formula is C12H14N2O2S. The Morgan fingerprint density at radius 1 is 1.41 bits per heavy atom. The van der Waals surface area contributed by atoms with Crippen molar-refractivity contribution in [2.45, 2.75) is 17.4 Å². The van der Waals surface area contributed by atoms with E-state index in [0.717, 1.165) is 10.6 Å². The number of likely N-dealkylation sites (tertiary alicyclic amines) is 1. The maximum absolute atomic E-state index is 11.7. The smallest absolute Gasteiger partial charge is 0.251 e. The van der Waals surface area contributed by atoms with E-state index in [-0.39, 0.29) is 18.2 Å². The molecule has 2 rings (SSSR count). The van der Waals surface area contributed by atoms with Crippen LogP contribution >= 0.6 is 11.8 Å². The largest absolute Gasteiger partial charge is 0.373 e. The Balaban J connectivity index is 2.11. The van der Waals surface area contributed by atoms with Gasteiger partial charge in [-0.1, -0.05) is 6.07 Å². The summed E-state index contributed by atoms with van der Waals surface area (Å²) in [5, 5.41) is 3.10. The molecule has 1 unspecified atom stereocenters. The highest BCUT2D eigenvalue weighted by molar-refractivity contribution is 7.98. The fourth-order valence-corrected chi connectivity index (χ4v) is 2.24. The number of rotatable bonds is 3. The van der Waals surface area contributed by atoms with Gasteiger partial charge in [-0.05, 0) is 24.5 Å². The van der Waals surface area contributed by atoms with Crippen LogP contribution in [0, 0.1) is 0 Å². The van der Waals surface area contributed by atoms with Crippen LogP contribution in [0.1, 0.15) is 6.42 Å². The Morgan fingerprint density at radius 3 is 2.76 bits per heavy atom. The van der Waals surface area contributed by atoms with Crippen LogP contribution in [0.3, 0.4) is 0 Å². The standard InChI is InChI=1S/C12H14N2O2S/c1-14-11(15)7-10(12(14)16)13-8-4-3-5-9(6-8)17-2/h3-6,10,13H,7H2,1-2H3. The van der Waals surface area contributed by atoms with E-state index in [0.29, 0.717) is 0 Å². The van der Waals surface area contributed by atoms with Crippen molar-refractivity contribution in [3.05, 3.63) is 24.3 Å². The topological polar surface area (TPSA) is 49.4 Å². The van der Waals surface area contributed by atoms with Crippen molar-refractivity contribution >= 4 is 29.3 Å². The van der Waals surface area contributed by atoms with Gasteiger partial charge in [0, 0.05) is 17.6 Å². The molecule has 1 saturated heterocycles. The zero-order valence-corrected chi connectivity index (χ0v) is 10.6. The number of hydrogen-bond donors (Lipinski definition) is 1. The van der Waals surface area contributed by atoms with E-state index in [9.17, 15) is 9.59 Å². The van der Waals surface area contributed by atoms with E-state index in [1.54, 1.807) is 11.8 Å². The van der Waals surface area contributed by atoms with Gasteiger partial charge in [-0.25, -0.2) is 0 Å². The summed E-state index contributed by atoms with van der Waals surface area (Å²) < 4.78 is 0. The van der Waals surface area contributed by atoms with Crippen molar-refractivity contribution in [3.63, 3.8) is 0 Å². The molecule has 1 N–H and O–H groups in total. The highest BCUT2D eigenvalue weighted by Crippen LogP contribution is 2.22. The average Bonchev–Trinajstić information content (AvgIpc) is 2.57. The molecule has 0 bridgehead atoms. The van der Waals surface area contributed by atoms with E-state index in [1.807, 2.05) is 30.5 Å². The first-order valence-corrected chi connectivity index (χ1v) is 6.55. The van der Waals surface area contributed by atoms with Gasteiger partial charge in [0.15, 0.2) is 0 Å². The number of hydrogen-bond acceptors (Lipinski definition) is 4. The Morgan fingerprint density at radius 2 is 2.18 bits per heavy atom. The van der Waals surface area contributed by atoms with Crippen LogP contribution in [0.4, 0.5) is 5.69 Å². The summed E-state index contributed by atoms with van der Waals surface area (Å²) in [5.74, 6) is -0.293. The molecule has 1 fully saturated rings. The lowest BCUT2D eigenvalue weighted by Gasteiger charge is -2.12. The summed E-state index contributed by atoms with van der Waals surface area (Å²) in [6.07, 6.45) is 2.23. The molecule has 0 aromatic heterocycles. The van der Waals surface area contributed by atoms with Crippen molar-refractivity contribution in [2.75, 3.05) is 18.6 Å². The predicted octanol–water partition coefficient (Wildman–Crippen LogP) is 1.58. The number of nitrogens with one attached hydrogen (secondary N) is 1. The first kappa shape index (κ1) is 12.0. The number of carbonyl (C=O) groups excluding carboxylic acids is 2. The summed E-state index contributed by atoms with van der Waals surface area (Å²) in [7, 11) is 1.52. The van der Waals surface area contributed by atoms with E-state index >= 15 is 0 Å². The Kier molecular flexibility index (Phi) is 3.38. The van der Waals surface area contributed by atoms with Gasteiger partial charge in [0.2, 0.25) is 5.91 Å². The van der Waals surface area contributed by atoms with Crippen LogP contribution in [0.25, 0.3) is 0 Å². The third kappa shape index (κ3) is 2.44. The third-order valence-electron chi connectivity index (χ3n) is 2.79. The maximum atomic E-state index is 11.7. The molecule has 1 heterocycles. The average molecular weight is 250 g/mol. The summed E-state index contributed by atoms with van der Waals surface area (Å²) in [4.78, 5) is 25.4. The molecule has 0 radical (unpaired) electrons. The summed E-state index contributed by atoms with van der Waals surface area (Å²) in [6, 6.07) is 7.38. The highest BCUT2D eigenvalue weighted by atomic mass is 32.2. The Hall–Kier alpha value is -1.49. The molecule has 0 aliphatic carbocycles. The molecule has 1 aliphatic heterocycles. The number of thioether (sulfide) groups is 1. The lowest BCUT2D eigenvalue weighted by atomic mass is 10.2. The van der Waals surface area contributed by atoms with Crippen LogP contribution in [-0.4, -0.2) is 36.1 Å². The SMILES string of the molecule is CSc1cccc(NC2CC(=O)N(C)C2=O)c1. The monoisotopic (exact) mass is 250 g/mol. The van der Waals surface area contributed by atoms with Crippen LogP contribution < -0.4 is 5.32 Å². The number of likely N-dealkylation sites (N-methyl/N-ethyl adjacent to an activating group) is 1. The molecule has 4 nitrogen and oxygen atoms in total. The number of carbonyl (C=O) groups is 2. The van der Waals surface area contributed by atoms with Gasteiger partial charge in [0.25, 0.3) is 5.91 Å². The van der Waals surface area contributed by atoms with Crippen LogP contribution in [-0.2, 0) is 9.59 Å². The summed E-state index contributed by atoms with van der Waals surface area (Å²) >= 11 is 1.64. The minimum atomic E-state index is -0.426. The number of imide groups is 1. The summed E-state index contributed by atoms with van der Waals surface area (Å²) in [6.45, 7) is 0. The molecule has 2 amide bonds. The van der Waals surface area contributed by atoms with Crippen molar-refractivity contribution in [1.29, 1.82) is 0 Å². The molecule has 90 valence electrons. The number of nitrogens with zero attached hydrogens (tertiary/aromatic N) is 1. The van der Waals surface area contributed by atoms with Crippen molar-refractivity contribution in [3.8, 4) is 0 Å². The molecule has 5 heteroatoms. The highest BCUT2D eigenvalue weighted by Gasteiger charge is 2.35. The molecule has 1 aromatic carbocycles. The quantitative estimate of drug-likeness (QED) is 0.653. The van der Waals surface area contributed by atoms with Gasteiger partial charge >= 0.3 is 0 Å². The normalized spacial score (nSPS) is 19.9. The van der Waals surface area contributed by atoms with Gasteiger partial charge in [-0.15, -0.1) is 11.8 Å². The van der Waals surface area contributed by atoms with Crippen molar-refractivity contribution in [2.24, 2.45) is 0 Å². The second-order valence-electron chi connectivity index (χ2n) is 3.92. The van der Waals surface area contributed by atoms with E-state index in [2.05, 4.69) is 5.32 Å². The van der Waals surface area contributed by atoms with Crippen molar-refractivity contribution < 1.29 is 9.59 Å². The summed E-state index contributed by atoms with van der Waals surface area (Å²) in [5.41, 5.74) is 0.873. The van der Waals surface area contributed by atoms with Crippen LogP contribution in [0.15, 0.2) is 29.2 Å². The van der Waals surface area contributed by atoms with Crippen molar-refractivity contribution in [1.82, 2.24) is 4.90 Å². The molecule has 0 saturated carbocycles. The van der Waals surface area contributed by atoms with Gasteiger partial charge in [-0.3, -0.25) is 14.5 Å². The molecular weight excluding hydrogens is 236 g/mol. The number of benzene rings is 1. The lowest BCUT2D eigenvalue weighted by Crippen LogP contribution is -2.31. The van der Waals surface area contributed by atoms with Gasteiger partial charge in [-0.2, -0.15) is 0 Å². The fourth-order valence-electron chi connectivity index (χ4n) is 1.78. The molecule has 0 spiro atoms. The first-order valence-electron chi connectivity index (χ1n) is 5.33. The van der Waals surface area contributed by atoms with Gasteiger partial charge < -0.3 is 5.32 Å². The van der Waals surface area contributed by atoms with E-state index in [1.165, 1.54) is 11.9 Å². The van der Waals surface area contributed by atoms with Gasteiger partial charge in [0.05, 0.1) is 6.42 Å². The second kappa shape index (κ2) is 4.79. The molecule has 17 heavy (non-hydrogen) atoms. The third-order valence-corrected chi connectivity index (χ3v) is 3.52. The lowest BCUT2D eigenvalue weighted by molar-refractivity contribution is -0.136. The first-order chi connectivity index (χ1) is 8.11. The van der Waals surface area contributed by atoms with Crippen LogP contribution in [0.2, 0.25) is 0 Å². The maximum Gasteiger partial charge on any atom is 0.251 e. The van der Waals surface area contributed by atoms with E-state index in [4.69, 9.17) is 0 Å². The Labute approximate surface area is 104 Å². The fraction of sp³-hybridized carbons (Fsp3) is 0.333. The Bertz CT molecular complexity index is 462. The predicted molar refractivity (Wildman–Crippen MR) is 68.0 cm³/mol. The van der Waals surface area contributed by atoms with Gasteiger partial charge in [0.1, 0.15) is 6.04 Å². The molecule has 1 aliphatic rings. The number of anilines is 1.